The highest BCUT2D eigenvalue weighted by molar-refractivity contribution is 5.71. The van der Waals surface area contributed by atoms with Crippen LogP contribution in [-0.2, 0) is 6.54 Å². The average Bonchev–Trinajstić information content (AvgIpc) is 2.34. The minimum absolute atomic E-state index is 0.311. The Hall–Kier alpha value is -1.59. The molecule has 1 aromatic heterocycles. The lowest BCUT2D eigenvalue weighted by Crippen LogP contribution is -2.28. The number of primary amides is 1. The topological polar surface area (TPSA) is 96.7 Å². The molecular weight excluding hydrogens is 134 g/mol. The molecule has 0 spiro atoms. The van der Waals surface area contributed by atoms with E-state index in [0.717, 1.165) is 0 Å². The molecule has 0 saturated heterocycles. The van der Waals surface area contributed by atoms with Gasteiger partial charge in [-0.2, -0.15) is 15.4 Å². The van der Waals surface area contributed by atoms with Gasteiger partial charge in [0.1, 0.15) is 5.69 Å². The highest BCUT2D eigenvalue weighted by Crippen LogP contribution is 1.84. The van der Waals surface area contributed by atoms with E-state index in [9.17, 15) is 4.79 Å². The molecule has 0 saturated carbocycles. The molecule has 6 heteroatoms. The number of aromatic amines is 1. The van der Waals surface area contributed by atoms with Gasteiger partial charge < -0.3 is 11.1 Å². The highest BCUT2D eigenvalue weighted by atomic mass is 16.2. The van der Waals surface area contributed by atoms with E-state index in [0.29, 0.717) is 12.2 Å². The molecule has 10 heavy (non-hydrogen) atoms. The van der Waals surface area contributed by atoms with Crippen molar-refractivity contribution >= 4 is 6.03 Å². The SMILES string of the molecule is NC(=O)NCc1cn[nH]n1. The van der Waals surface area contributed by atoms with Crippen molar-refractivity contribution in [1.29, 1.82) is 0 Å². The molecule has 0 bridgehead atoms. The third-order valence-corrected chi connectivity index (χ3v) is 0.909. The van der Waals surface area contributed by atoms with Crippen molar-refractivity contribution in [3.05, 3.63) is 11.9 Å². The number of amides is 2. The van der Waals surface area contributed by atoms with Gasteiger partial charge in [0, 0.05) is 0 Å². The van der Waals surface area contributed by atoms with Crippen LogP contribution in [0.1, 0.15) is 5.69 Å². The molecule has 0 aliphatic carbocycles. The van der Waals surface area contributed by atoms with Gasteiger partial charge in [-0.3, -0.25) is 0 Å². The van der Waals surface area contributed by atoms with Crippen molar-refractivity contribution in [2.24, 2.45) is 5.73 Å². The number of nitrogens with one attached hydrogen (secondary N) is 2. The van der Waals surface area contributed by atoms with Crippen molar-refractivity contribution in [3.8, 4) is 0 Å². The standard InChI is InChI=1S/C4H7N5O/c5-4(10)6-1-3-2-7-9-8-3/h2H,1H2,(H3,5,6,10)(H,7,8,9). The Kier molecular flexibility index (Phi) is 1.83. The monoisotopic (exact) mass is 141 g/mol. The summed E-state index contributed by atoms with van der Waals surface area (Å²) in [6, 6.07) is -0.567. The zero-order valence-corrected chi connectivity index (χ0v) is 5.16. The Morgan fingerprint density at radius 3 is 3.20 bits per heavy atom. The predicted octanol–water partition coefficient (Wildman–Crippen LogP) is -1.03. The van der Waals surface area contributed by atoms with E-state index in [1.54, 1.807) is 0 Å². The number of hydrogen-bond acceptors (Lipinski definition) is 3. The molecule has 1 heterocycles. The number of hydrogen-bond donors (Lipinski definition) is 3. The molecule has 54 valence electrons. The minimum atomic E-state index is -0.567. The van der Waals surface area contributed by atoms with Gasteiger partial charge in [0.2, 0.25) is 0 Å². The van der Waals surface area contributed by atoms with Gasteiger partial charge in [-0.15, -0.1) is 0 Å². The lowest BCUT2D eigenvalue weighted by Gasteiger charge is -1.94. The van der Waals surface area contributed by atoms with Crippen molar-refractivity contribution in [3.63, 3.8) is 0 Å². The molecule has 0 unspecified atom stereocenters. The van der Waals surface area contributed by atoms with Crippen molar-refractivity contribution in [2.75, 3.05) is 0 Å². The van der Waals surface area contributed by atoms with Crippen LogP contribution in [0.5, 0.6) is 0 Å². The number of aromatic nitrogens is 3. The summed E-state index contributed by atoms with van der Waals surface area (Å²) in [7, 11) is 0. The first-order chi connectivity index (χ1) is 4.79. The van der Waals surface area contributed by atoms with Gasteiger partial charge >= 0.3 is 6.03 Å². The maximum Gasteiger partial charge on any atom is 0.312 e. The van der Waals surface area contributed by atoms with E-state index in [-0.39, 0.29) is 0 Å². The summed E-state index contributed by atoms with van der Waals surface area (Å²) < 4.78 is 0. The maximum atomic E-state index is 10.1. The first kappa shape index (κ1) is 6.53. The van der Waals surface area contributed by atoms with E-state index >= 15 is 0 Å². The summed E-state index contributed by atoms with van der Waals surface area (Å²) in [4.78, 5) is 10.1. The lowest BCUT2D eigenvalue weighted by atomic mass is 10.5. The number of nitrogens with zero attached hydrogens (tertiary/aromatic N) is 2. The molecule has 0 fully saturated rings. The number of carbonyl (C=O) groups is 1. The quantitative estimate of drug-likeness (QED) is 0.491. The maximum absolute atomic E-state index is 10.1. The van der Waals surface area contributed by atoms with Crippen LogP contribution in [0.4, 0.5) is 4.79 Å². The van der Waals surface area contributed by atoms with Crippen molar-refractivity contribution in [2.45, 2.75) is 6.54 Å². The second-order valence-corrected chi connectivity index (χ2v) is 1.68. The molecule has 4 N–H and O–H groups in total. The van der Waals surface area contributed by atoms with Gasteiger partial charge in [-0.05, 0) is 0 Å². The van der Waals surface area contributed by atoms with Crippen LogP contribution >= 0.6 is 0 Å². The Morgan fingerprint density at radius 1 is 1.90 bits per heavy atom. The van der Waals surface area contributed by atoms with E-state index in [1.807, 2.05) is 0 Å². The fraction of sp³-hybridized carbons (Fsp3) is 0.250. The van der Waals surface area contributed by atoms with E-state index in [2.05, 4.69) is 20.7 Å². The molecular formula is C4H7N5O. The molecule has 0 aliphatic rings. The minimum Gasteiger partial charge on any atom is -0.352 e. The molecule has 1 rings (SSSR count). The van der Waals surface area contributed by atoms with Crippen LogP contribution in [0.2, 0.25) is 0 Å². The first-order valence-electron chi connectivity index (χ1n) is 2.67. The molecule has 0 radical (unpaired) electrons. The number of nitrogens with two attached hydrogens (primary N) is 1. The summed E-state index contributed by atoms with van der Waals surface area (Å²) >= 11 is 0. The predicted molar refractivity (Wildman–Crippen MR) is 32.8 cm³/mol. The van der Waals surface area contributed by atoms with E-state index in [1.165, 1.54) is 6.20 Å². The van der Waals surface area contributed by atoms with Gasteiger partial charge in [0.15, 0.2) is 0 Å². The number of rotatable bonds is 2. The van der Waals surface area contributed by atoms with Crippen LogP contribution in [0, 0.1) is 0 Å². The molecule has 0 aliphatic heterocycles. The Labute approximate surface area is 56.8 Å². The Bertz CT molecular complexity index is 205. The van der Waals surface area contributed by atoms with Gasteiger partial charge in [0.25, 0.3) is 0 Å². The second kappa shape index (κ2) is 2.81. The largest absolute Gasteiger partial charge is 0.352 e. The molecule has 6 nitrogen and oxygen atoms in total. The molecule has 1 aromatic rings. The van der Waals surface area contributed by atoms with Gasteiger partial charge in [0.05, 0.1) is 12.7 Å². The highest BCUT2D eigenvalue weighted by Gasteiger charge is 1.95. The van der Waals surface area contributed by atoms with Crippen molar-refractivity contribution in [1.82, 2.24) is 20.7 Å². The van der Waals surface area contributed by atoms with Crippen LogP contribution < -0.4 is 11.1 Å². The van der Waals surface area contributed by atoms with Crippen molar-refractivity contribution < 1.29 is 4.79 Å². The summed E-state index contributed by atoms with van der Waals surface area (Å²) in [5.74, 6) is 0. The third kappa shape index (κ3) is 1.73. The zero-order valence-electron chi connectivity index (χ0n) is 5.16. The van der Waals surface area contributed by atoms with Gasteiger partial charge in [-0.25, -0.2) is 4.79 Å². The summed E-state index contributed by atoms with van der Waals surface area (Å²) in [5, 5.41) is 12.0. The van der Waals surface area contributed by atoms with Crippen LogP contribution in [0.25, 0.3) is 0 Å². The van der Waals surface area contributed by atoms with E-state index < -0.39 is 6.03 Å². The first-order valence-corrected chi connectivity index (χ1v) is 2.67. The molecule has 0 aromatic carbocycles. The molecule has 2 amide bonds. The summed E-state index contributed by atoms with van der Waals surface area (Å²) in [6.45, 7) is 0.311. The lowest BCUT2D eigenvalue weighted by molar-refractivity contribution is 0.248. The van der Waals surface area contributed by atoms with Crippen LogP contribution in [0.15, 0.2) is 6.20 Å². The number of urea groups is 1. The molecule has 0 atom stereocenters. The second-order valence-electron chi connectivity index (χ2n) is 1.68. The van der Waals surface area contributed by atoms with Crippen LogP contribution in [0.3, 0.4) is 0 Å². The van der Waals surface area contributed by atoms with E-state index in [4.69, 9.17) is 5.73 Å². The zero-order chi connectivity index (χ0) is 7.40. The third-order valence-electron chi connectivity index (χ3n) is 0.909. The smallest absolute Gasteiger partial charge is 0.312 e. The number of carbonyl (C=O) groups excluding carboxylic acids is 1. The summed E-state index contributed by atoms with van der Waals surface area (Å²) in [5.41, 5.74) is 5.45. The summed E-state index contributed by atoms with van der Waals surface area (Å²) in [6.07, 6.45) is 1.51. The Morgan fingerprint density at radius 2 is 2.70 bits per heavy atom. The normalized spacial score (nSPS) is 9.20. The number of H-pyrrole nitrogens is 1. The average molecular weight is 141 g/mol. The van der Waals surface area contributed by atoms with Crippen LogP contribution in [-0.4, -0.2) is 21.4 Å². The fourth-order valence-electron chi connectivity index (χ4n) is 0.488. The fourth-order valence-corrected chi connectivity index (χ4v) is 0.488. The Balaban J connectivity index is 2.35. The van der Waals surface area contributed by atoms with Gasteiger partial charge in [-0.1, -0.05) is 0 Å².